The average molecular weight is 276 g/mol. The molecule has 1 saturated heterocycles. The van der Waals surface area contributed by atoms with Crippen LogP contribution in [0.25, 0.3) is 0 Å². The Labute approximate surface area is 110 Å². The zero-order valence-corrected chi connectivity index (χ0v) is 12.2. The number of nitrogens with one attached hydrogen (secondary N) is 1. The van der Waals surface area contributed by atoms with Gasteiger partial charge in [0.1, 0.15) is 5.84 Å². The van der Waals surface area contributed by atoms with Crippen LogP contribution in [0.3, 0.4) is 0 Å². The summed E-state index contributed by atoms with van der Waals surface area (Å²) < 4.78 is 28.0. The van der Waals surface area contributed by atoms with Gasteiger partial charge in [0, 0.05) is 18.6 Å². The molecule has 0 amide bonds. The Morgan fingerprint density at radius 3 is 2.56 bits per heavy atom. The van der Waals surface area contributed by atoms with Gasteiger partial charge >= 0.3 is 0 Å². The van der Waals surface area contributed by atoms with E-state index in [1.165, 1.54) is 4.31 Å². The van der Waals surface area contributed by atoms with Gasteiger partial charge in [-0.2, -0.15) is 17.0 Å². The third-order valence-electron chi connectivity index (χ3n) is 3.24. The lowest BCUT2D eigenvalue weighted by Crippen LogP contribution is -2.53. The van der Waals surface area contributed by atoms with Gasteiger partial charge in [-0.05, 0) is 33.6 Å². The molecule has 106 valence electrons. The Kier molecular flexibility index (Phi) is 5.12. The number of hydrogen-bond acceptors (Lipinski definition) is 3. The van der Waals surface area contributed by atoms with Crippen LogP contribution < -0.4 is 5.73 Å². The maximum absolute atomic E-state index is 12.6. The first kappa shape index (κ1) is 15.4. The van der Waals surface area contributed by atoms with Crippen molar-refractivity contribution in [2.45, 2.75) is 52.1 Å². The third-order valence-corrected chi connectivity index (χ3v) is 5.52. The lowest BCUT2D eigenvalue weighted by Gasteiger charge is -2.37. The van der Waals surface area contributed by atoms with E-state index >= 15 is 0 Å². The highest BCUT2D eigenvalue weighted by atomic mass is 32.2. The van der Waals surface area contributed by atoms with Crippen molar-refractivity contribution >= 4 is 16.0 Å². The highest BCUT2D eigenvalue weighted by molar-refractivity contribution is 7.86. The van der Waals surface area contributed by atoms with Gasteiger partial charge in [0.25, 0.3) is 10.2 Å². The Hall–Kier alpha value is -0.660. The predicted octanol–water partition coefficient (Wildman–Crippen LogP) is 0.752. The van der Waals surface area contributed by atoms with E-state index in [9.17, 15) is 8.42 Å². The standard InChI is InChI=1S/C11H24N4O2S/c1-9(2)15(8-11(12)13)18(16,17)14-7-5-4-6-10(14)3/h9-10H,4-8H2,1-3H3,(H3,12,13). The first-order valence-corrected chi connectivity index (χ1v) is 7.78. The normalized spacial score (nSPS) is 22.6. The lowest BCUT2D eigenvalue weighted by atomic mass is 10.1. The topological polar surface area (TPSA) is 90.5 Å². The summed E-state index contributed by atoms with van der Waals surface area (Å²) in [6.45, 7) is 6.06. The van der Waals surface area contributed by atoms with Gasteiger partial charge in [-0.1, -0.05) is 6.42 Å². The minimum atomic E-state index is -3.52. The van der Waals surface area contributed by atoms with E-state index in [4.69, 9.17) is 11.1 Å². The number of amidine groups is 1. The van der Waals surface area contributed by atoms with Crippen LogP contribution in [-0.2, 0) is 10.2 Å². The van der Waals surface area contributed by atoms with Crippen LogP contribution >= 0.6 is 0 Å². The molecule has 0 spiro atoms. The van der Waals surface area contributed by atoms with Crippen LogP contribution in [0.15, 0.2) is 0 Å². The second kappa shape index (κ2) is 5.99. The van der Waals surface area contributed by atoms with Crippen LogP contribution in [-0.4, -0.2) is 48.0 Å². The van der Waals surface area contributed by atoms with Gasteiger partial charge in [-0.25, -0.2) is 0 Å². The molecule has 1 unspecified atom stereocenters. The zero-order valence-electron chi connectivity index (χ0n) is 11.4. The highest BCUT2D eigenvalue weighted by Gasteiger charge is 2.35. The molecule has 1 fully saturated rings. The number of nitrogens with two attached hydrogens (primary N) is 1. The smallest absolute Gasteiger partial charge is 0.282 e. The molecule has 6 nitrogen and oxygen atoms in total. The van der Waals surface area contributed by atoms with Gasteiger partial charge in [-0.3, -0.25) is 5.41 Å². The summed E-state index contributed by atoms with van der Waals surface area (Å²) in [4.78, 5) is 0. The molecule has 0 saturated carbocycles. The molecule has 0 radical (unpaired) electrons. The van der Waals surface area contributed by atoms with Gasteiger partial charge in [0.15, 0.2) is 0 Å². The Morgan fingerprint density at radius 1 is 1.50 bits per heavy atom. The number of hydrogen-bond donors (Lipinski definition) is 2. The first-order chi connectivity index (χ1) is 8.26. The fourth-order valence-electron chi connectivity index (χ4n) is 2.25. The summed E-state index contributed by atoms with van der Waals surface area (Å²) in [6.07, 6.45) is 2.86. The van der Waals surface area contributed by atoms with Gasteiger partial charge in [0.05, 0.1) is 6.54 Å². The van der Waals surface area contributed by atoms with E-state index in [1.54, 1.807) is 18.2 Å². The van der Waals surface area contributed by atoms with Crippen LogP contribution in [0.1, 0.15) is 40.0 Å². The van der Waals surface area contributed by atoms with E-state index in [1.807, 2.05) is 6.92 Å². The molecule has 1 aliphatic rings. The van der Waals surface area contributed by atoms with Crippen molar-refractivity contribution in [3.8, 4) is 0 Å². The van der Waals surface area contributed by atoms with Crippen molar-refractivity contribution in [1.29, 1.82) is 5.41 Å². The first-order valence-electron chi connectivity index (χ1n) is 6.38. The van der Waals surface area contributed by atoms with Crippen LogP contribution in [0.2, 0.25) is 0 Å². The van der Waals surface area contributed by atoms with Crippen LogP contribution in [0.5, 0.6) is 0 Å². The van der Waals surface area contributed by atoms with Crippen molar-refractivity contribution in [2.75, 3.05) is 13.1 Å². The van der Waals surface area contributed by atoms with E-state index in [-0.39, 0.29) is 24.5 Å². The summed E-state index contributed by atoms with van der Waals surface area (Å²) in [5.41, 5.74) is 5.35. The van der Waals surface area contributed by atoms with Crippen molar-refractivity contribution in [2.24, 2.45) is 5.73 Å². The van der Waals surface area contributed by atoms with Crippen molar-refractivity contribution in [3.63, 3.8) is 0 Å². The van der Waals surface area contributed by atoms with Crippen molar-refractivity contribution < 1.29 is 8.42 Å². The fraction of sp³-hybridized carbons (Fsp3) is 0.909. The molecule has 0 aliphatic carbocycles. The molecule has 1 atom stereocenters. The second-order valence-corrected chi connectivity index (χ2v) is 6.96. The molecule has 1 rings (SSSR count). The Morgan fingerprint density at radius 2 is 2.11 bits per heavy atom. The molecule has 0 aromatic carbocycles. The lowest BCUT2D eigenvalue weighted by molar-refractivity contribution is 0.240. The molecule has 1 aliphatic heterocycles. The number of rotatable bonds is 5. The summed E-state index contributed by atoms with van der Waals surface area (Å²) in [7, 11) is -3.52. The van der Waals surface area contributed by atoms with Gasteiger partial charge < -0.3 is 5.73 Å². The van der Waals surface area contributed by atoms with Gasteiger partial charge in [0.2, 0.25) is 0 Å². The minimum Gasteiger partial charge on any atom is -0.387 e. The molecule has 18 heavy (non-hydrogen) atoms. The largest absolute Gasteiger partial charge is 0.387 e. The van der Waals surface area contributed by atoms with Crippen LogP contribution in [0, 0.1) is 5.41 Å². The summed E-state index contributed by atoms with van der Waals surface area (Å²) >= 11 is 0. The summed E-state index contributed by atoms with van der Waals surface area (Å²) in [6, 6.07) is -0.176. The highest BCUT2D eigenvalue weighted by Crippen LogP contribution is 2.23. The molecule has 0 aromatic heterocycles. The maximum atomic E-state index is 12.6. The number of nitrogens with zero attached hydrogens (tertiary/aromatic N) is 2. The second-order valence-electron chi connectivity index (χ2n) is 5.13. The molecule has 0 aromatic rings. The average Bonchev–Trinajstić information content (AvgIpc) is 2.25. The van der Waals surface area contributed by atoms with E-state index < -0.39 is 10.2 Å². The number of piperidine rings is 1. The predicted molar refractivity (Wildman–Crippen MR) is 72.7 cm³/mol. The molecular formula is C11H24N4O2S. The third kappa shape index (κ3) is 3.43. The molecule has 3 N–H and O–H groups in total. The monoisotopic (exact) mass is 276 g/mol. The Bertz CT molecular complexity index is 394. The molecule has 1 heterocycles. The Balaban J connectivity index is 2.96. The molecule has 7 heteroatoms. The van der Waals surface area contributed by atoms with Crippen molar-refractivity contribution in [1.82, 2.24) is 8.61 Å². The SMILES string of the molecule is CC(C)N(CC(=N)N)S(=O)(=O)N1CCCCC1C. The maximum Gasteiger partial charge on any atom is 0.282 e. The minimum absolute atomic E-state index is 0.0250. The summed E-state index contributed by atoms with van der Waals surface area (Å²) in [5.74, 6) is -0.128. The quantitative estimate of drug-likeness (QED) is 0.573. The molecule has 0 bridgehead atoms. The zero-order chi connectivity index (χ0) is 13.9. The van der Waals surface area contributed by atoms with E-state index in [0.717, 1.165) is 19.3 Å². The van der Waals surface area contributed by atoms with E-state index in [0.29, 0.717) is 6.54 Å². The summed E-state index contributed by atoms with van der Waals surface area (Å²) in [5, 5.41) is 7.32. The van der Waals surface area contributed by atoms with Crippen LogP contribution in [0.4, 0.5) is 0 Å². The fourth-order valence-corrected chi connectivity index (χ4v) is 4.27. The molecular weight excluding hydrogens is 252 g/mol. The van der Waals surface area contributed by atoms with Gasteiger partial charge in [-0.15, -0.1) is 0 Å². The van der Waals surface area contributed by atoms with E-state index in [2.05, 4.69) is 0 Å². The van der Waals surface area contributed by atoms with Crippen molar-refractivity contribution in [3.05, 3.63) is 0 Å².